The molecule has 3 rings (SSSR count). The summed E-state index contributed by atoms with van der Waals surface area (Å²) in [6.07, 6.45) is -0.674. The van der Waals surface area contributed by atoms with Gasteiger partial charge < -0.3 is 14.6 Å². The van der Waals surface area contributed by atoms with Crippen LogP contribution in [-0.4, -0.2) is 27.8 Å². The first kappa shape index (κ1) is 20.6. The normalized spacial score (nSPS) is 11.7. The average Bonchev–Trinajstić information content (AvgIpc) is 3.15. The highest BCUT2D eigenvalue weighted by Crippen LogP contribution is 2.25. The highest BCUT2D eigenvalue weighted by Gasteiger charge is 2.21. The molecule has 0 radical (unpaired) electrons. The van der Waals surface area contributed by atoms with Crippen LogP contribution in [0.4, 0.5) is 5.69 Å². The van der Waals surface area contributed by atoms with Gasteiger partial charge in [0.2, 0.25) is 5.91 Å². The standard InChI is InChI=1S/C21H21N3O4S/c1-13-8-10-16(11-9-13)23-19(25)12-29-18-7-5-4-6-17(18)21(26)27-14(2)20-22-15(3)24-28-20/h4-11,14H,12H2,1-3H3,(H,23,25). The summed E-state index contributed by atoms with van der Waals surface area (Å²) in [6.45, 7) is 5.34. The Morgan fingerprint density at radius 3 is 2.55 bits per heavy atom. The number of hydrogen-bond acceptors (Lipinski definition) is 7. The van der Waals surface area contributed by atoms with Crippen molar-refractivity contribution in [2.75, 3.05) is 11.1 Å². The van der Waals surface area contributed by atoms with Crippen LogP contribution in [0.15, 0.2) is 57.9 Å². The van der Waals surface area contributed by atoms with Crippen LogP contribution in [-0.2, 0) is 9.53 Å². The fraction of sp³-hybridized carbons (Fsp3) is 0.238. The number of nitrogens with one attached hydrogen (secondary N) is 1. The number of nitrogens with zero attached hydrogens (tertiary/aromatic N) is 2. The molecular formula is C21H21N3O4S. The summed E-state index contributed by atoms with van der Waals surface area (Å²) in [5, 5.41) is 6.54. The van der Waals surface area contributed by atoms with E-state index in [1.807, 2.05) is 37.3 Å². The van der Waals surface area contributed by atoms with Crippen LogP contribution in [0.1, 0.15) is 40.7 Å². The van der Waals surface area contributed by atoms with Crippen LogP contribution in [0, 0.1) is 13.8 Å². The largest absolute Gasteiger partial charge is 0.449 e. The van der Waals surface area contributed by atoms with Gasteiger partial charge in [-0.25, -0.2) is 4.79 Å². The van der Waals surface area contributed by atoms with E-state index in [2.05, 4.69) is 15.5 Å². The Morgan fingerprint density at radius 2 is 1.86 bits per heavy atom. The maximum absolute atomic E-state index is 12.6. The molecule has 29 heavy (non-hydrogen) atoms. The SMILES string of the molecule is Cc1ccc(NC(=O)CSc2ccccc2C(=O)OC(C)c2nc(C)no2)cc1. The summed E-state index contributed by atoms with van der Waals surface area (Å²) in [5.74, 6) is 0.195. The van der Waals surface area contributed by atoms with Crippen molar-refractivity contribution < 1.29 is 18.8 Å². The van der Waals surface area contributed by atoms with E-state index < -0.39 is 12.1 Å². The molecule has 0 spiro atoms. The van der Waals surface area contributed by atoms with Crippen molar-refractivity contribution in [2.45, 2.75) is 31.8 Å². The van der Waals surface area contributed by atoms with Gasteiger partial charge >= 0.3 is 5.97 Å². The van der Waals surface area contributed by atoms with E-state index in [4.69, 9.17) is 9.26 Å². The lowest BCUT2D eigenvalue weighted by molar-refractivity contribution is -0.113. The highest BCUT2D eigenvalue weighted by atomic mass is 32.2. The molecule has 1 heterocycles. The number of esters is 1. The fourth-order valence-electron chi connectivity index (χ4n) is 2.49. The molecule has 0 bridgehead atoms. The maximum Gasteiger partial charge on any atom is 0.340 e. The number of anilines is 1. The summed E-state index contributed by atoms with van der Waals surface area (Å²) in [5.41, 5.74) is 2.23. The second-order valence-electron chi connectivity index (χ2n) is 6.43. The quantitative estimate of drug-likeness (QED) is 0.457. The predicted molar refractivity (Wildman–Crippen MR) is 110 cm³/mol. The van der Waals surface area contributed by atoms with E-state index >= 15 is 0 Å². The monoisotopic (exact) mass is 411 g/mol. The molecule has 0 saturated carbocycles. The molecule has 1 amide bonds. The second kappa shape index (κ2) is 9.38. The number of aromatic nitrogens is 2. The van der Waals surface area contributed by atoms with Crippen LogP contribution in [0.25, 0.3) is 0 Å². The third-order valence-corrected chi connectivity index (χ3v) is 5.05. The molecule has 150 valence electrons. The molecular weight excluding hydrogens is 390 g/mol. The molecule has 3 aromatic rings. The smallest absolute Gasteiger partial charge is 0.340 e. The van der Waals surface area contributed by atoms with Crippen LogP contribution in [0.5, 0.6) is 0 Å². The number of thioether (sulfide) groups is 1. The van der Waals surface area contributed by atoms with Gasteiger partial charge in [-0.3, -0.25) is 4.79 Å². The Morgan fingerprint density at radius 1 is 1.14 bits per heavy atom. The molecule has 1 unspecified atom stereocenters. The van der Waals surface area contributed by atoms with E-state index in [1.165, 1.54) is 11.8 Å². The number of benzene rings is 2. The molecule has 0 aliphatic rings. The van der Waals surface area contributed by atoms with Crippen molar-refractivity contribution in [3.63, 3.8) is 0 Å². The van der Waals surface area contributed by atoms with E-state index in [0.717, 1.165) is 11.3 Å². The van der Waals surface area contributed by atoms with Gasteiger partial charge in [0.15, 0.2) is 11.9 Å². The summed E-state index contributed by atoms with van der Waals surface area (Å²) < 4.78 is 10.5. The van der Waals surface area contributed by atoms with E-state index in [0.29, 0.717) is 16.3 Å². The zero-order valence-corrected chi connectivity index (χ0v) is 17.2. The summed E-state index contributed by atoms with van der Waals surface area (Å²) >= 11 is 1.27. The number of hydrogen-bond donors (Lipinski definition) is 1. The lowest BCUT2D eigenvalue weighted by Crippen LogP contribution is -2.15. The molecule has 1 N–H and O–H groups in total. The van der Waals surface area contributed by atoms with E-state index in [9.17, 15) is 9.59 Å². The molecule has 1 atom stereocenters. The van der Waals surface area contributed by atoms with Crippen LogP contribution < -0.4 is 5.32 Å². The van der Waals surface area contributed by atoms with E-state index in [-0.39, 0.29) is 17.6 Å². The molecule has 0 saturated heterocycles. The molecule has 2 aromatic carbocycles. The Hall–Kier alpha value is -3.13. The number of ether oxygens (including phenoxy) is 1. The van der Waals surface area contributed by atoms with E-state index in [1.54, 1.807) is 32.0 Å². The van der Waals surface area contributed by atoms with Gasteiger partial charge in [0, 0.05) is 10.6 Å². The minimum absolute atomic E-state index is 0.156. The number of carbonyl (C=O) groups excluding carboxylic acids is 2. The van der Waals surface area contributed by atoms with Gasteiger partial charge in [-0.15, -0.1) is 11.8 Å². The van der Waals surface area contributed by atoms with Crippen molar-refractivity contribution in [3.05, 3.63) is 71.4 Å². The summed E-state index contributed by atoms with van der Waals surface area (Å²) in [6, 6.07) is 14.6. The molecule has 7 nitrogen and oxygen atoms in total. The first-order valence-corrected chi connectivity index (χ1v) is 10.0. The maximum atomic E-state index is 12.6. The number of aryl methyl sites for hydroxylation is 2. The minimum atomic E-state index is -0.674. The Kier molecular flexibility index (Phi) is 6.66. The lowest BCUT2D eigenvalue weighted by Gasteiger charge is -2.12. The Labute approximate surface area is 172 Å². The first-order valence-electron chi connectivity index (χ1n) is 9.02. The zero-order valence-electron chi connectivity index (χ0n) is 16.3. The van der Waals surface area contributed by atoms with Crippen LogP contribution in [0.3, 0.4) is 0 Å². The van der Waals surface area contributed by atoms with Gasteiger partial charge in [-0.05, 0) is 45.0 Å². The van der Waals surface area contributed by atoms with Crippen molar-refractivity contribution in [1.82, 2.24) is 10.1 Å². The third-order valence-electron chi connectivity index (χ3n) is 3.98. The number of amides is 1. The van der Waals surface area contributed by atoms with Gasteiger partial charge in [0.1, 0.15) is 0 Å². The molecule has 1 aromatic heterocycles. The number of rotatable bonds is 7. The Bertz CT molecular complexity index is 1000. The summed E-state index contributed by atoms with van der Waals surface area (Å²) in [4.78, 5) is 29.6. The van der Waals surface area contributed by atoms with Gasteiger partial charge in [0.25, 0.3) is 5.89 Å². The van der Waals surface area contributed by atoms with Crippen LogP contribution in [0.2, 0.25) is 0 Å². The van der Waals surface area contributed by atoms with Crippen molar-refractivity contribution >= 4 is 29.3 Å². The molecule has 0 aliphatic heterocycles. The zero-order chi connectivity index (χ0) is 20.8. The third kappa shape index (κ3) is 5.68. The van der Waals surface area contributed by atoms with Gasteiger partial charge in [-0.2, -0.15) is 4.98 Å². The van der Waals surface area contributed by atoms with Crippen molar-refractivity contribution in [2.24, 2.45) is 0 Å². The molecule has 0 fully saturated rings. The van der Waals surface area contributed by atoms with Gasteiger partial charge in [-0.1, -0.05) is 35.0 Å². The molecule has 0 aliphatic carbocycles. The van der Waals surface area contributed by atoms with Crippen LogP contribution >= 0.6 is 11.8 Å². The summed E-state index contributed by atoms with van der Waals surface area (Å²) in [7, 11) is 0. The molecule has 8 heteroatoms. The lowest BCUT2D eigenvalue weighted by atomic mass is 10.2. The average molecular weight is 411 g/mol. The number of carbonyl (C=O) groups is 2. The predicted octanol–water partition coefficient (Wildman–Crippen LogP) is 4.34. The second-order valence-corrected chi connectivity index (χ2v) is 7.44. The highest BCUT2D eigenvalue weighted by molar-refractivity contribution is 8.00. The topological polar surface area (TPSA) is 94.3 Å². The Balaban J connectivity index is 1.61. The fourth-order valence-corrected chi connectivity index (χ4v) is 3.33. The minimum Gasteiger partial charge on any atom is -0.449 e. The van der Waals surface area contributed by atoms with Crippen molar-refractivity contribution in [3.8, 4) is 0 Å². The first-order chi connectivity index (χ1) is 13.9. The van der Waals surface area contributed by atoms with Crippen molar-refractivity contribution in [1.29, 1.82) is 0 Å². The van der Waals surface area contributed by atoms with Gasteiger partial charge in [0.05, 0.1) is 11.3 Å².